The predicted molar refractivity (Wildman–Crippen MR) is 144 cm³/mol. The van der Waals surface area contributed by atoms with E-state index in [-0.39, 0.29) is 54.3 Å². The van der Waals surface area contributed by atoms with Crippen LogP contribution >= 0.6 is 0 Å². The van der Waals surface area contributed by atoms with E-state index in [1.807, 2.05) is 13.0 Å². The molecule has 4 rings (SSSR count). The van der Waals surface area contributed by atoms with Gasteiger partial charge in [0.05, 0.1) is 5.56 Å². The number of allylic oxidation sites excluding steroid dienone is 2. The van der Waals surface area contributed by atoms with Crippen LogP contribution in [0.15, 0.2) is 28.7 Å². The molecule has 0 saturated carbocycles. The fourth-order valence-corrected chi connectivity index (χ4v) is 7.75. The standard InChI is InChI=1S/C31H38O8/c1-8-17-11-18(10-9-15(4)32)24(34)21-19(17)12-29(6)13-30(7)22(14(2)3)25(35)20(16(5)33)27(37)31(30,39)28(38)23(29)26(21)36/h11,14,22,34-35,38-39H,8-10,12-13H2,1-7H3/t22?,29-,30-,31+/m1/s1. The molecule has 0 aromatic heterocycles. The first kappa shape index (κ1) is 28.7. The Balaban J connectivity index is 2.04. The molecule has 39 heavy (non-hydrogen) atoms. The minimum Gasteiger partial charge on any atom is -0.511 e. The van der Waals surface area contributed by atoms with Gasteiger partial charge in [-0.05, 0) is 62.1 Å². The van der Waals surface area contributed by atoms with Crippen molar-refractivity contribution in [3.8, 4) is 5.75 Å². The summed E-state index contributed by atoms with van der Waals surface area (Å²) in [5.41, 5.74) is -3.95. The Bertz CT molecular complexity index is 1400. The van der Waals surface area contributed by atoms with Crippen molar-refractivity contribution in [1.29, 1.82) is 0 Å². The van der Waals surface area contributed by atoms with Crippen molar-refractivity contribution in [2.24, 2.45) is 22.7 Å². The van der Waals surface area contributed by atoms with Gasteiger partial charge in [0.15, 0.2) is 17.2 Å². The summed E-state index contributed by atoms with van der Waals surface area (Å²) >= 11 is 0. The maximum Gasteiger partial charge on any atom is 0.209 e. The van der Waals surface area contributed by atoms with Crippen molar-refractivity contribution in [2.75, 3.05) is 0 Å². The van der Waals surface area contributed by atoms with Gasteiger partial charge in [-0.25, -0.2) is 0 Å². The number of benzene rings is 1. The van der Waals surface area contributed by atoms with Gasteiger partial charge in [0.25, 0.3) is 0 Å². The van der Waals surface area contributed by atoms with Crippen LogP contribution in [0.25, 0.3) is 0 Å². The number of hydrogen-bond donors (Lipinski definition) is 4. The van der Waals surface area contributed by atoms with E-state index in [0.29, 0.717) is 17.5 Å². The van der Waals surface area contributed by atoms with E-state index in [1.54, 1.807) is 27.7 Å². The molecule has 0 heterocycles. The largest absolute Gasteiger partial charge is 0.511 e. The molecule has 0 fully saturated rings. The van der Waals surface area contributed by atoms with Gasteiger partial charge in [0.2, 0.25) is 5.78 Å². The molecule has 8 heteroatoms. The van der Waals surface area contributed by atoms with Gasteiger partial charge in [-0.3, -0.25) is 14.4 Å². The molecule has 0 spiro atoms. The summed E-state index contributed by atoms with van der Waals surface area (Å²) in [7, 11) is 0. The lowest BCUT2D eigenvalue weighted by Crippen LogP contribution is -2.67. The molecule has 1 aromatic carbocycles. The first-order chi connectivity index (χ1) is 18.0. The van der Waals surface area contributed by atoms with Crippen molar-refractivity contribution in [3.05, 3.63) is 51.0 Å². The summed E-state index contributed by atoms with van der Waals surface area (Å²) in [6, 6.07) is 1.82. The monoisotopic (exact) mass is 538 g/mol. The second-order valence-electron chi connectivity index (χ2n) is 12.4. The number of phenols is 1. The molecular formula is C31H38O8. The average Bonchev–Trinajstić information content (AvgIpc) is 2.80. The number of hydrogen-bond acceptors (Lipinski definition) is 8. The summed E-state index contributed by atoms with van der Waals surface area (Å²) in [4.78, 5) is 52.0. The van der Waals surface area contributed by atoms with Gasteiger partial charge >= 0.3 is 0 Å². The van der Waals surface area contributed by atoms with Gasteiger partial charge in [-0.2, -0.15) is 0 Å². The number of phenolic OH excluding ortho intramolecular Hbond substituents is 1. The zero-order valence-corrected chi connectivity index (χ0v) is 23.7. The average molecular weight is 539 g/mol. The number of rotatable bonds is 6. The Morgan fingerprint density at radius 3 is 2.21 bits per heavy atom. The number of aliphatic hydroxyl groups excluding tert-OH is 2. The van der Waals surface area contributed by atoms with E-state index < -0.39 is 56.8 Å². The van der Waals surface area contributed by atoms with Crippen molar-refractivity contribution >= 4 is 23.1 Å². The normalized spacial score (nSPS) is 30.3. The van der Waals surface area contributed by atoms with Crippen LogP contribution in [0.1, 0.15) is 88.4 Å². The fourth-order valence-electron chi connectivity index (χ4n) is 7.75. The Hall–Kier alpha value is -3.26. The fraction of sp³-hybridized carbons (Fsp3) is 0.548. The molecule has 4 atom stereocenters. The molecular weight excluding hydrogens is 500 g/mol. The number of aliphatic hydroxyl groups is 3. The van der Waals surface area contributed by atoms with Crippen LogP contribution < -0.4 is 0 Å². The number of Topliss-reactive ketones (excluding diaryl/α,β-unsaturated/α-hetero) is 4. The maximum absolute atomic E-state index is 14.2. The van der Waals surface area contributed by atoms with E-state index >= 15 is 0 Å². The summed E-state index contributed by atoms with van der Waals surface area (Å²) < 4.78 is 0. The molecule has 0 saturated heterocycles. The molecule has 1 unspecified atom stereocenters. The van der Waals surface area contributed by atoms with Gasteiger partial charge in [0, 0.05) is 28.7 Å². The van der Waals surface area contributed by atoms with Crippen LogP contribution in [0.5, 0.6) is 5.75 Å². The molecule has 0 amide bonds. The second-order valence-corrected chi connectivity index (χ2v) is 12.4. The highest BCUT2D eigenvalue weighted by Gasteiger charge is 2.71. The third-order valence-corrected chi connectivity index (χ3v) is 9.31. The quantitative estimate of drug-likeness (QED) is 0.389. The predicted octanol–water partition coefficient (Wildman–Crippen LogP) is 4.43. The van der Waals surface area contributed by atoms with Crippen LogP contribution in [0.4, 0.5) is 0 Å². The summed E-state index contributed by atoms with van der Waals surface area (Å²) in [6.45, 7) is 11.5. The summed E-state index contributed by atoms with van der Waals surface area (Å²) in [5.74, 6) is -5.32. The highest BCUT2D eigenvalue weighted by atomic mass is 16.3. The first-order valence-corrected chi connectivity index (χ1v) is 13.5. The molecule has 210 valence electrons. The van der Waals surface area contributed by atoms with E-state index in [1.165, 1.54) is 6.92 Å². The zero-order valence-electron chi connectivity index (χ0n) is 23.7. The molecule has 1 aromatic rings. The maximum atomic E-state index is 14.2. The Morgan fingerprint density at radius 2 is 1.69 bits per heavy atom. The van der Waals surface area contributed by atoms with Gasteiger partial charge < -0.3 is 25.2 Å². The van der Waals surface area contributed by atoms with Gasteiger partial charge in [0.1, 0.15) is 28.6 Å². The molecule has 3 aliphatic carbocycles. The van der Waals surface area contributed by atoms with Crippen LogP contribution in [0, 0.1) is 22.7 Å². The lowest BCUT2D eigenvalue weighted by Gasteiger charge is -2.59. The topological polar surface area (TPSA) is 149 Å². The number of carbonyl (C=O) groups is 4. The van der Waals surface area contributed by atoms with Crippen LogP contribution in [-0.2, 0) is 33.6 Å². The van der Waals surface area contributed by atoms with Crippen molar-refractivity contribution in [1.82, 2.24) is 0 Å². The molecule has 8 nitrogen and oxygen atoms in total. The first-order valence-electron chi connectivity index (χ1n) is 13.5. The van der Waals surface area contributed by atoms with Crippen LogP contribution in [-0.4, -0.2) is 49.2 Å². The smallest absolute Gasteiger partial charge is 0.209 e. The van der Waals surface area contributed by atoms with E-state index in [4.69, 9.17) is 0 Å². The van der Waals surface area contributed by atoms with E-state index in [9.17, 15) is 39.6 Å². The molecule has 0 aliphatic heterocycles. The highest BCUT2D eigenvalue weighted by Crippen LogP contribution is 2.65. The van der Waals surface area contributed by atoms with Crippen molar-refractivity contribution < 1.29 is 39.6 Å². The molecule has 4 N–H and O–H groups in total. The lowest BCUT2D eigenvalue weighted by molar-refractivity contribution is -0.171. The van der Waals surface area contributed by atoms with Gasteiger partial charge in [-0.1, -0.05) is 40.7 Å². The zero-order chi connectivity index (χ0) is 29.4. The summed E-state index contributed by atoms with van der Waals surface area (Å²) in [6.07, 6.45) is 1.28. The lowest BCUT2D eigenvalue weighted by atomic mass is 9.44. The van der Waals surface area contributed by atoms with Gasteiger partial charge in [-0.15, -0.1) is 0 Å². The molecule has 3 aliphatic rings. The number of ketones is 4. The van der Waals surface area contributed by atoms with E-state index in [0.717, 1.165) is 12.5 Å². The van der Waals surface area contributed by atoms with Crippen molar-refractivity contribution in [2.45, 2.75) is 86.2 Å². The van der Waals surface area contributed by atoms with Crippen molar-refractivity contribution in [3.63, 3.8) is 0 Å². The summed E-state index contributed by atoms with van der Waals surface area (Å²) in [5, 5.41) is 46.3. The minimum absolute atomic E-state index is 0.00739. The number of carbonyl (C=O) groups excluding carboxylic acids is 4. The van der Waals surface area contributed by atoms with Crippen LogP contribution in [0.3, 0.4) is 0 Å². The second kappa shape index (κ2) is 9.15. The highest BCUT2D eigenvalue weighted by molar-refractivity contribution is 6.25. The minimum atomic E-state index is -2.63. The molecule has 0 radical (unpaired) electrons. The van der Waals surface area contributed by atoms with E-state index in [2.05, 4.69) is 0 Å². The Morgan fingerprint density at radius 1 is 1.08 bits per heavy atom. The number of aromatic hydroxyl groups is 1. The number of aryl methyl sites for hydroxylation is 2. The third kappa shape index (κ3) is 3.74. The number of fused-ring (bicyclic) bond motifs is 3. The third-order valence-electron chi connectivity index (χ3n) is 9.31. The Kier molecular flexibility index (Phi) is 6.74. The van der Waals surface area contributed by atoms with Crippen LogP contribution in [0.2, 0.25) is 0 Å². The molecule has 0 bridgehead atoms. The Labute approximate surface area is 228 Å². The SMILES string of the molecule is CCc1cc(CCC(C)=O)c(O)c2c1C[C@]1(C)C[C@]3(C)C(C(C)C)C(O)=C(C(C)=O)C(=O)[C@]3(O)C(O)=C1C2=O.